The molecule has 0 aliphatic rings. The highest BCUT2D eigenvalue weighted by atomic mass is 16.1. The van der Waals surface area contributed by atoms with E-state index in [0.29, 0.717) is 19.4 Å². The first kappa shape index (κ1) is 14.2. The minimum atomic E-state index is 0.0296. The number of hydrogen-bond acceptors (Lipinski definition) is 2. The SMILES string of the molecule is CCCCCC(=O)Nc1ccccc1CNC=O. The second kappa shape index (κ2) is 8.28. The van der Waals surface area contributed by atoms with Gasteiger partial charge in [0.2, 0.25) is 12.3 Å². The molecule has 0 radical (unpaired) electrons. The summed E-state index contributed by atoms with van der Waals surface area (Å²) < 4.78 is 0. The predicted octanol–water partition coefficient (Wildman–Crippen LogP) is 2.45. The van der Waals surface area contributed by atoms with Crippen LogP contribution in [-0.4, -0.2) is 12.3 Å². The molecule has 0 saturated carbocycles. The van der Waals surface area contributed by atoms with Gasteiger partial charge < -0.3 is 10.6 Å². The second-order valence-corrected chi connectivity index (χ2v) is 4.16. The number of unbranched alkanes of at least 4 members (excludes halogenated alkanes) is 2. The molecule has 0 unspecified atom stereocenters. The van der Waals surface area contributed by atoms with Crippen LogP contribution in [-0.2, 0) is 16.1 Å². The first-order valence-corrected chi connectivity index (χ1v) is 6.32. The average molecular weight is 248 g/mol. The van der Waals surface area contributed by atoms with Gasteiger partial charge in [-0.25, -0.2) is 0 Å². The third kappa shape index (κ3) is 4.99. The van der Waals surface area contributed by atoms with Gasteiger partial charge in [-0.1, -0.05) is 38.0 Å². The van der Waals surface area contributed by atoms with Gasteiger partial charge in [0.05, 0.1) is 0 Å². The van der Waals surface area contributed by atoms with Gasteiger partial charge in [-0.05, 0) is 18.1 Å². The highest BCUT2D eigenvalue weighted by molar-refractivity contribution is 5.91. The Morgan fingerprint density at radius 3 is 2.78 bits per heavy atom. The van der Waals surface area contributed by atoms with E-state index in [4.69, 9.17) is 0 Å². The van der Waals surface area contributed by atoms with Gasteiger partial charge in [0.15, 0.2) is 0 Å². The first-order chi connectivity index (χ1) is 8.77. The minimum Gasteiger partial charge on any atom is -0.355 e. The summed E-state index contributed by atoms with van der Waals surface area (Å²) in [6.07, 6.45) is 4.29. The van der Waals surface area contributed by atoms with Crippen LogP contribution in [0.1, 0.15) is 38.2 Å². The van der Waals surface area contributed by atoms with Crippen molar-refractivity contribution in [3.63, 3.8) is 0 Å². The smallest absolute Gasteiger partial charge is 0.224 e. The lowest BCUT2D eigenvalue weighted by molar-refractivity contribution is -0.116. The Morgan fingerprint density at radius 2 is 2.06 bits per heavy atom. The monoisotopic (exact) mass is 248 g/mol. The van der Waals surface area contributed by atoms with E-state index in [1.54, 1.807) is 0 Å². The normalized spacial score (nSPS) is 9.83. The van der Waals surface area contributed by atoms with Gasteiger partial charge in [0.25, 0.3) is 0 Å². The summed E-state index contributed by atoms with van der Waals surface area (Å²) in [6, 6.07) is 7.48. The quantitative estimate of drug-likeness (QED) is 0.548. The molecule has 98 valence electrons. The van der Waals surface area contributed by atoms with E-state index in [1.165, 1.54) is 0 Å². The molecule has 1 rings (SSSR count). The van der Waals surface area contributed by atoms with Crippen molar-refractivity contribution in [1.29, 1.82) is 0 Å². The molecule has 1 aromatic rings. The van der Waals surface area contributed by atoms with E-state index in [2.05, 4.69) is 17.6 Å². The fourth-order valence-corrected chi connectivity index (χ4v) is 1.70. The van der Waals surface area contributed by atoms with E-state index >= 15 is 0 Å². The van der Waals surface area contributed by atoms with E-state index in [1.807, 2.05) is 24.3 Å². The predicted molar refractivity (Wildman–Crippen MR) is 72.1 cm³/mol. The molecule has 0 aliphatic carbocycles. The van der Waals surface area contributed by atoms with E-state index in [-0.39, 0.29) is 5.91 Å². The lowest BCUT2D eigenvalue weighted by atomic mass is 10.1. The standard InChI is InChI=1S/C14H20N2O2/c1-2-3-4-9-14(18)16-13-8-6-5-7-12(13)10-15-11-17/h5-8,11H,2-4,9-10H2,1H3,(H,15,17)(H,16,18). The van der Waals surface area contributed by atoms with Crippen LogP contribution in [0.3, 0.4) is 0 Å². The second-order valence-electron chi connectivity index (χ2n) is 4.16. The van der Waals surface area contributed by atoms with Gasteiger partial charge in [0, 0.05) is 18.7 Å². The van der Waals surface area contributed by atoms with Gasteiger partial charge in [-0.15, -0.1) is 0 Å². The van der Waals surface area contributed by atoms with E-state index in [9.17, 15) is 9.59 Å². The molecule has 1 aromatic carbocycles. The van der Waals surface area contributed by atoms with Crippen LogP contribution in [0.5, 0.6) is 0 Å². The van der Waals surface area contributed by atoms with Crippen molar-refractivity contribution < 1.29 is 9.59 Å². The van der Waals surface area contributed by atoms with Crippen molar-refractivity contribution in [2.45, 2.75) is 39.2 Å². The highest BCUT2D eigenvalue weighted by Crippen LogP contribution is 2.15. The number of amides is 2. The lowest BCUT2D eigenvalue weighted by Crippen LogP contribution is -2.16. The summed E-state index contributed by atoms with van der Waals surface area (Å²) in [6.45, 7) is 2.53. The molecular weight excluding hydrogens is 228 g/mol. The van der Waals surface area contributed by atoms with E-state index < -0.39 is 0 Å². The third-order valence-corrected chi connectivity index (χ3v) is 2.67. The fraction of sp³-hybridized carbons (Fsp3) is 0.429. The Bertz CT molecular complexity index is 391. The highest BCUT2D eigenvalue weighted by Gasteiger charge is 2.05. The molecule has 0 aliphatic heterocycles. The molecule has 0 fully saturated rings. The molecular formula is C14H20N2O2. The van der Waals surface area contributed by atoms with E-state index in [0.717, 1.165) is 30.5 Å². The maximum atomic E-state index is 11.7. The number of carbonyl (C=O) groups excluding carboxylic acids is 2. The van der Waals surface area contributed by atoms with Crippen molar-refractivity contribution in [2.75, 3.05) is 5.32 Å². The Labute approximate surface area is 108 Å². The summed E-state index contributed by atoms with van der Waals surface area (Å²) in [5.41, 5.74) is 1.68. The molecule has 0 spiro atoms. The number of hydrogen-bond donors (Lipinski definition) is 2. The van der Waals surface area contributed by atoms with Crippen LogP contribution in [0.15, 0.2) is 24.3 Å². The molecule has 4 nitrogen and oxygen atoms in total. The topological polar surface area (TPSA) is 58.2 Å². The van der Waals surface area contributed by atoms with Crippen LogP contribution >= 0.6 is 0 Å². The first-order valence-electron chi connectivity index (χ1n) is 6.32. The zero-order valence-electron chi connectivity index (χ0n) is 10.7. The van der Waals surface area contributed by atoms with Crippen molar-refractivity contribution in [3.8, 4) is 0 Å². The largest absolute Gasteiger partial charge is 0.355 e. The number of carbonyl (C=O) groups is 2. The minimum absolute atomic E-state index is 0.0296. The number of nitrogens with one attached hydrogen (secondary N) is 2. The fourth-order valence-electron chi connectivity index (χ4n) is 1.70. The van der Waals surface area contributed by atoms with Crippen LogP contribution in [0.25, 0.3) is 0 Å². The summed E-state index contributed by atoms with van der Waals surface area (Å²) >= 11 is 0. The molecule has 0 bridgehead atoms. The third-order valence-electron chi connectivity index (χ3n) is 2.67. The summed E-state index contributed by atoms with van der Waals surface area (Å²) in [4.78, 5) is 22.0. The Hall–Kier alpha value is -1.84. The van der Waals surface area contributed by atoms with Gasteiger partial charge in [0.1, 0.15) is 0 Å². The molecule has 0 atom stereocenters. The molecule has 0 heterocycles. The van der Waals surface area contributed by atoms with Crippen LogP contribution in [0.2, 0.25) is 0 Å². The number of rotatable bonds is 8. The number of benzene rings is 1. The Balaban J connectivity index is 2.54. The molecule has 0 saturated heterocycles. The average Bonchev–Trinajstić information content (AvgIpc) is 2.38. The Kier molecular flexibility index (Phi) is 6.54. The molecule has 2 N–H and O–H groups in total. The van der Waals surface area contributed by atoms with Crippen molar-refractivity contribution in [3.05, 3.63) is 29.8 Å². The number of anilines is 1. The summed E-state index contributed by atoms with van der Waals surface area (Å²) in [5.74, 6) is 0.0296. The van der Waals surface area contributed by atoms with Crippen LogP contribution < -0.4 is 10.6 Å². The zero-order valence-corrected chi connectivity index (χ0v) is 10.7. The van der Waals surface area contributed by atoms with Gasteiger partial charge in [-0.3, -0.25) is 9.59 Å². The van der Waals surface area contributed by atoms with Crippen LogP contribution in [0.4, 0.5) is 5.69 Å². The van der Waals surface area contributed by atoms with Crippen molar-refractivity contribution in [2.24, 2.45) is 0 Å². The molecule has 2 amide bonds. The summed E-state index contributed by atoms with van der Waals surface area (Å²) in [5, 5.41) is 5.48. The zero-order chi connectivity index (χ0) is 13.2. The maximum Gasteiger partial charge on any atom is 0.224 e. The molecule has 4 heteroatoms. The lowest BCUT2D eigenvalue weighted by Gasteiger charge is -2.10. The summed E-state index contributed by atoms with van der Waals surface area (Å²) in [7, 11) is 0. The van der Waals surface area contributed by atoms with Gasteiger partial charge >= 0.3 is 0 Å². The Morgan fingerprint density at radius 1 is 1.28 bits per heavy atom. The van der Waals surface area contributed by atoms with Crippen LogP contribution in [0, 0.1) is 0 Å². The molecule has 0 aromatic heterocycles. The number of para-hydroxylation sites is 1. The van der Waals surface area contributed by atoms with Crippen molar-refractivity contribution >= 4 is 18.0 Å². The van der Waals surface area contributed by atoms with Gasteiger partial charge in [-0.2, -0.15) is 0 Å². The maximum absolute atomic E-state index is 11.7. The van der Waals surface area contributed by atoms with Crippen molar-refractivity contribution in [1.82, 2.24) is 5.32 Å². The molecule has 18 heavy (non-hydrogen) atoms.